The molecule has 0 unspecified atom stereocenters. The molecule has 0 aromatic carbocycles. The number of nitrogens with one attached hydrogen (secondary N) is 1. The lowest BCUT2D eigenvalue weighted by Crippen LogP contribution is -2.41. The van der Waals surface area contributed by atoms with Crippen molar-refractivity contribution in [2.24, 2.45) is 5.92 Å². The van der Waals surface area contributed by atoms with Gasteiger partial charge in [-0.25, -0.2) is 4.79 Å². The third-order valence-corrected chi connectivity index (χ3v) is 3.38. The summed E-state index contributed by atoms with van der Waals surface area (Å²) in [6.45, 7) is 1.49. The summed E-state index contributed by atoms with van der Waals surface area (Å²) in [5, 5.41) is 11.6. The van der Waals surface area contributed by atoms with Crippen LogP contribution in [0.4, 0.5) is 4.79 Å². The minimum Gasteiger partial charge on any atom is -0.481 e. The summed E-state index contributed by atoms with van der Waals surface area (Å²) >= 11 is 0. The summed E-state index contributed by atoms with van der Waals surface area (Å²) in [5.74, 6) is -0.897. The molecule has 1 saturated heterocycles. The van der Waals surface area contributed by atoms with Crippen LogP contribution in [-0.2, 0) is 4.79 Å². The van der Waals surface area contributed by atoms with E-state index in [-0.39, 0.29) is 18.0 Å². The first kappa shape index (κ1) is 10.3. The van der Waals surface area contributed by atoms with Crippen LogP contribution in [0, 0.1) is 5.92 Å². The highest BCUT2D eigenvalue weighted by Gasteiger charge is 2.33. The molecule has 0 bridgehead atoms. The smallest absolute Gasteiger partial charge is 0.317 e. The van der Waals surface area contributed by atoms with Crippen molar-refractivity contribution in [2.75, 3.05) is 13.1 Å². The molecule has 1 aliphatic heterocycles. The summed E-state index contributed by atoms with van der Waals surface area (Å²) < 4.78 is 0. The Labute approximate surface area is 88.4 Å². The summed E-state index contributed by atoms with van der Waals surface area (Å²) in [6.07, 6.45) is 3.04. The number of carboxylic acid groups (broad SMARTS) is 1. The largest absolute Gasteiger partial charge is 0.481 e. The Bertz CT molecular complexity index is 272. The molecule has 2 rings (SSSR count). The Morgan fingerprint density at radius 2 is 2.00 bits per heavy atom. The lowest BCUT2D eigenvalue weighted by atomic mass is 9.85. The van der Waals surface area contributed by atoms with Crippen molar-refractivity contribution in [1.82, 2.24) is 10.2 Å². The van der Waals surface area contributed by atoms with Crippen LogP contribution in [0.25, 0.3) is 0 Å². The number of nitrogens with zero attached hydrogens (tertiary/aromatic N) is 1. The van der Waals surface area contributed by atoms with E-state index in [0.717, 1.165) is 25.9 Å². The van der Waals surface area contributed by atoms with Gasteiger partial charge < -0.3 is 15.3 Å². The zero-order chi connectivity index (χ0) is 10.8. The van der Waals surface area contributed by atoms with Gasteiger partial charge in [-0.2, -0.15) is 0 Å². The fraction of sp³-hybridized carbons (Fsp3) is 0.800. The lowest BCUT2D eigenvalue weighted by molar-refractivity contribution is -0.143. The Hall–Kier alpha value is -1.26. The molecule has 5 heteroatoms. The Morgan fingerprint density at radius 3 is 2.47 bits per heavy atom. The van der Waals surface area contributed by atoms with Gasteiger partial charge >= 0.3 is 12.0 Å². The second-order valence-electron chi connectivity index (χ2n) is 4.27. The highest BCUT2D eigenvalue weighted by atomic mass is 16.4. The normalized spacial score (nSPS) is 31.5. The van der Waals surface area contributed by atoms with E-state index in [1.54, 1.807) is 0 Å². The molecule has 0 atom stereocenters. The van der Waals surface area contributed by atoms with Crippen molar-refractivity contribution in [1.29, 1.82) is 0 Å². The van der Waals surface area contributed by atoms with Crippen LogP contribution in [0.1, 0.15) is 25.7 Å². The molecule has 1 saturated carbocycles. The van der Waals surface area contributed by atoms with Gasteiger partial charge in [0.05, 0.1) is 5.92 Å². The standard InChI is InChI=1S/C10H16N2O3/c13-9(14)7-1-3-8(4-2-7)12-6-5-11-10(12)15/h7-8H,1-6H2,(H,11,15)(H,13,14)/t7-,8+. The van der Waals surface area contributed by atoms with Gasteiger partial charge in [0, 0.05) is 19.1 Å². The average Bonchev–Trinajstić information content (AvgIpc) is 2.65. The number of rotatable bonds is 2. The second kappa shape index (κ2) is 4.08. The number of hydrogen-bond acceptors (Lipinski definition) is 2. The summed E-state index contributed by atoms with van der Waals surface area (Å²) in [6, 6.07) is 0.261. The number of amides is 2. The molecule has 84 valence electrons. The van der Waals surface area contributed by atoms with Crippen molar-refractivity contribution in [2.45, 2.75) is 31.7 Å². The van der Waals surface area contributed by atoms with E-state index in [0.29, 0.717) is 12.8 Å². The van der Waals surface area contributed by atoms with Crippen LogP contribution in [0.15, 0.2) is 0 Å². The fourth-order valence-electron chi connectivity index (χ4n) is 2.47. The summed E-state index contributed by atoms with van der Waals surface area (Å²) in [4.78, 5) is 24.0. The maximum absolute atomic E-state index is 11.4. The summed E-state index contributed by atoms with van der Waals surface area (Å²) in [5.41, 5.74) is 0. The van der Waals surface area contributed by atoms with Crippen LogP contribution in [0.3, 0.4) is 0 Å². The van der Waals surface area contributed by atoms with Gasteiger partial charge in [-0.05, 0) is 25.7 Å². The van der Waals surface area contributed by atoms with Gasteiger partial charge in [-0.3, -0.25) is 4.79 Å². The van der Waals surface area contributed by atoms with Crippen LogP contribution in [-0.4, -0.2) is 41.1 Å². The molecule has 1 heterocycles. The zero-order valence-corrected chi connectivity index (χ0v) is 8.61. The Morgan fingerprint density at radius 1 is 1.33 bits per heavy atom. The third kappa shape index (κ3) is 2.06. The molecular formula is C10H16N2O3. The lowest BCUT2D eigenvalue weighted by Gasteiger charge is -2.32. The molecule has 0 aromatic rings. The monoisotopic (exact) mass is 212 g/mol. The third-order valence-electron chi connectivity index (χ3n) is 3.38. The molecule has 0 aromatic heterocycles. The fourth-order valence-corrected chi connectivity index (χ4v) is 2.47. The van der Waals surface area contributed by atoms with Crippen LogP contribution in [0.5, 0.6) is 0 Å². The first-order chi connectivity index (χ1) is 7.18. The molecule has 0 radical (unpaired) electrons. The van der Waals surface area contributed by atoms with Gasteiger partial charge in [-0.1, -0.05) is 0 Å². The molecule has 5 nitrogen and oxygen atoms in total. The van der Waals surface area contributed by atoms with E-state index in [1.165, 1.54) is 0 Å². The summed E-state index contributed by atoms with van der Waals surface area (Å²) in [7, 11) is 0. The van der Waals surface area contributed by atoms with Gasteiger partial charge in [0.15, 0.2) is 0 Å². The molecule has 2 amide bonds. The van der Waals surface area contributed by atoms with Crippen LogP contribution >= 0.6 is 0 Å². The first-order valence-electron chi connectivity index (χ1n) is 5.46. The van der Waals surface area contributed by atoms with E-state index >= 15 is 0 Å². The minimum atomic E-state index is -0.695. The molecule has 0 spiro atoms. The predicted octanol–water partition coefficient (Wildman–Crippen LogP) is 0.655. The number of carboxylic acids is 1. The molecule has 2 fully saturated rings. The van der Waals surface area contributed by atoms with Crippen molar-refractivity contribution in [3.8, 4) is 0 Å². The van der Waals surface area contributed by atoms with Crippen molar-refractivity contribution >= 4 is 12.0 Å². The quantitative estimate of drug-likeness (QED) is 0.706. The van der Waals surface area contributed by atoms with Crippen LogP contribution in [0.2, 0.25) is 0 Å². The first-order valence-corrected chi connectivity index (χ1v) is 5.46. The molecule has 15 heavy (non-hydrogen) atoms. The zero-order valence-electron chi connectivity index (χ0n) is 8.61. The van der Waals surface area contributed by atoms with Crippen molar-refractivity contribution in [3.05, 3.63) is 0 Å². The van der Waals surface area contributed by atoms with E-state index in [1.807, 2.05) is 4.90 Å². The molecule has 1 aliphatic carbocycles. The number of carbonyl (C=O) groups excluding carboxylic acids is 1. The molecular weight excluding hydrogens is 196 g/mol. The molecule has 2 N–H and O–H groups in total. The van der Waals surface area contributed by atoms with Gasteiger partial charge in [0.2, 0.25) is 0 Å². The minimum absolute atomic E-state index is 0.00813. The van der Waals surface area contributed by atoms with Crippen LogP contribution < -0.4 is 5.32 Å². The van der Waals surface area contributed by atoms with Gasteiger partial charge in [0.25, 0.3) is 0 Å². The predicted molar refractivity (Wildman–Crippen MR) is 53.5 cm³/mol. The number of urea groups is 1. The van der Waals surface area contributed by atoms with Gasteiger partial charge in [-0.15, -0.1) is 0 Å². The average molecular weight is 212 g/mol. The number of aliphatic carboxylic acids is 1. The van der Waals surface area contributed by atoms with E-state index in [2.05, 4.69) is 5.32 Å². The van der Waals surface area contributed by atoms with Gasteiger partial charge in [0.1, 0.15) is 0 Å². The SMILES string of the molecule is O=C1NCCN1[C@H]1CC[C@@H](C(=O)O)CC1. The van der Waals surface area contributed by atoms with Crippen molar-refractivity contribution < 1.29 is 14.7 Å². The number of carbonyl (C=O) groups is 2. The number of hydrogen-bond donors (Lipinski definition) is 2. The Balaban J connectivity index is 1.87. The van der Waals surface area contributed by atoms with E-state index < -0.39 is 5.97 Å². The maximum atomic E-state index is 11.4. The molecule has 2 aliphatic rings. The van der Waals surface area contributed by atoms with Crippen molar-refractivity contribution in [3.63, 3.8) is 0 Å². The highest BCUT2D eigenvalue weighted by molar-refractivity contribution is 5.76. The highest BCUT2D eigenvalue weighted by Crippen LogP contribution is 2.28. The Kier molecular flexibility index (Phi) is 2.79. The maximum Gasteiger partial charge on any atom is 0.317 e. The topological polar surface area (TPSA) is 69.6 Å². The van der Waals surface area contributed by atoms with E-state index in [9.17, 15) is 9.59 Å². The second-order valence-corrected chi connectivity index (χ2v) is 4.27. The van der Waals surface area contributed by atoms with E-state index in [4.69, 9.17) is 5.11 Å².